The quantitative estimate of drug-likeness (QED) is 0.675. The number of benzene rings is 2. The molecule has 1 amide bonds. The second kappa shape index (κ2) is 8.26. The van der Waals surface area contributed by atoms with Crippen LogP contribution in [0, 0.1) is 0 Å². The number of aliphatic hydroxyl groups is 1. The second-order valence-electron chi connectivity index (χ2n) is 6.16. The summed E-state index contributed by atoms with van der Waals surface area (Å²) in [5.41, 5.74) is 0.243. The third-order valence-electron chi connectivity index (χ3n) is 4.15. The first kappa shape index (κ1) is 19.6. The van der Waals surface area contributed by atoms with Gasteiger partial charge in [0.1, 0.15) is 0 Å². The van der Waals surface area contributed by atoms with Crippen LogP contribution in [0.4, 0.5) is 13.2 Å². The molecule has 0 radical (unpaired) electrons. The molecule has 3 aromatic rings. The highest BCUT2D eigenvalue weighted by atomic mass is 19.4. The zero-order valence-electron chi connectivity index (χ0n) is 14.7. The van der Waals surface area contributed by atoms with E-state index in [4.69, 9.17) is 0 Å². The van der Waals surface area contributed by atoms with Crippen molar-refractivity contribution in [1.82, 2.24) is 15.1 Å². The third kappa shape index (κ3) is 4.77. The number of aliphatic hydroxyl groups excluding tert-OH is 1. The van der Waals surface area contributed by atoms with Crippen LogP contribution in [0.15, 0.2) is 66.9 Å². The maximum absolute atomic E-state index is 12.8. The largest absolute Gasteiger partial charge is 0.416 e. The van der Waals surface area contributed by atoms with E-state index >= 15 is 0 Å². The van der Waals surface area contributed by atoms with E-state index < -0.39 is 23.8 Å². The molecule has 0 aliphatic carbocycles. The highest BCUT2D eigenvalue weighted by Gasteiger charge is 2.30. The van der Waals surface area contributed by atoms with Crippen LogP contribution in [0.3, 0.4) is 0 Å². The Morgan fingerprint density at radius 3 is 2.57 bits per heavy atom. The number of amides is 1. The van der Waals surface area contributed by atoms with E-state index in [2.05, 4.69) is 10.4 Å². The molecule has 0 aliphatic heterocycles. The van der Waals surface area contributed by atoms with Crippen LogP contribution in [-0.4, -0.2) is 27.3 Å². The van der Waals surface area contributed by atoms with Crippen molar-refractivity contribution in [2.24, 2.45) is 0 Å². The Labute approximate surface area is 159 Å². The van der Waals surface area contributed by atoms with Crippen molar-refractivity contribution < 1.29 is 23.1 Å². The number of hydrogen-bond acceptors (Lipinski definition) is 3. The molecule has 1 unspecified atom stereocenters. The second-order valence-corrected chi connectivity index (χ2v) is 6.16. The molecular formula is C20H18F3N3O2. The maximum Gasteiger partial charge on any atom is 0.416 e. The van der Waals surface area contributed by atoms with Crippen LogP contribution in [0.1, 0.15) is 34.1 Å². The topological polar surface area (TPSA) is 67.2 Å². The highest BCUT2D eigenvalue weighted by Crippen LogP contribution is 2.30. The van der Waals surface area contributed by atoms with Gasteiger partial charge in [0.25, 0.3) is 5.91 Å². The van der Waals surface area contributed by atoms with Crippen LogP contribution in [0.25, 0.3) is 5.69 Å². The number of hydrogen-bond donors (Lipinski definition) is 2. The summed E-state index contributed by atoms with van der Waals surface area (Å²) in [5.74, 6) is -0.467. The van der Waals surface area contributed by atoms with Gasteiger partial charge in [-0.05, 0) is 36.2 Å². The number of alkyl halides is 3. The average molecular weight is 389 g/mol. The van der Waals surface area contributed by atoms with Crippen molar-refractivity contribution >= 4 is 5.91 Å². The van der Waals surface area contributed by atoms with Crippen molar-refractivity contribution in [2.45, 2.75) is 18.7 Å². The molecule has 3 rings (SSSR count). The minimum absolute atomic E-state index is 0.0756. The van der Waals surface area contributed by atoms with Gasteiger partial charge in [0.2, 0.25) is 0 Å². The summed E-state index contributed by atoms with van der Waals surface area (Å²) >= 11 is 0. The van der Waals surface area contributed by atoms with Gasteiger partial charge in [0.15, 0.2) is 5.69 Å². The monoisotopic (exact) mass is 389 g/mol. The Kier molecular flexibility index (Phi) is 5.79. The van der Waals surface area contributed by atoms with Crippen LogP contribution in [0.2, 0.25) is 0 Å². The fraction of sp³-hybridized carbons (Fsp3) is 0.200. The van der Waals surface area contributed by atoms with E-state index in [9.17, 15) is 23.1 Å². The Balaban J connectivity index is 1.60. The maximum atomic E-state index is 12.8. The van der Waals surface area contributed by atoms with E-state index in [1.54, 1.807) is 12.1 Å². The van der Waals surface area contributed by atoms with Gasteiger partial charge in [-0.15, -0.1) is 0 Å². The lowest BCUT2D eigenvalue weighted by Gasteiger charge is -2.11. The van der Waals surface area contributed by atoms with Crippen LogP contribution >= 0.6 is 0 Å². The Morgan fingerprint density at radius 1 is 1.11 bits per heavy atom. The highest BCUT2D eigenvalue weighted by molar-refractivity contribution is 5.92. The molecule has 0 aliphatic rings. The summed E-state index contributed by atoms with van der Waals surface area (Å²) in [6.45, 7) is 0.227. The predicted octanol–water partition coefficient (Wildman–Crippen LogP) is 3.74. The normalized spacial score (nSPS) is 12.6. The smallest absolute Gasteiger partial charge is 0.388 e. The summed E-state index contributed by atoms with van der Waals surface area (Å²) in [4.78, 5) is 12.2. The number of halogens is 3. The molecule has 2 N–H and O–H groups in total. The summed E-state index contributed by atoms with van der Waals surface area (Å²) < 4.78 is 39.7. The summed E-state index contributed by atoms with van der Waals surface area (Å²) in [7, 11) is 0. The van der Waals surface area contributed by atoms with E-state index in [1.165, 1.54) is 29.1 Å². The van der Waals surface area contributed by atoms with Crippen molar-refractivity contribution in [2.75, 3.05) is 6.54 Å². The van der Waals surface area contributed by atoms with Gasteiger partial charge < -0.3 is 10.4 Å². The van der Waals surface area contributed by atoms with Crippen molar-refractivity contribution in [3.8, 4) is 5.69 Å². The van der Waals surface area contributed by atoms with Gasteiger partial charge in [0, 0.05) is 12.7 Å². The first-order valence-electron chi connectivity index (χ1n) is 8.59. The van der Waals surface area contributed by atoms with Crippen molar-refractivity contribution in [1.29, 1.82) is 0 Å². The number of carbonyl (C=O) groups is 1. The first-order valence-corrected chi connectivity index (χ1v) is 8.59. The third-order valence-corrected chi connectivity index (χ3v) is 4.15. The average Bonchev–Trinajstić information content (AvgIpc) is 3.18. The number of nitrogens with one attached hydrogen (secondary N) is 1. The standard InChI is InChI=1S/C20H18F3N3O2/c21-20(22,23)15-7-4-8-16(13-15)26-12-10-17(25-26)19(28)24-11-9-18(27)14-5-2-1-3-6-14/h1-8,10,12-13,18,27H,9,11H2,(H,24,28). The van der Waals surface area contributed by atoms with Crippen LogP contribution in [0.5, 0.6) is 0 Å². The van der Waals surface area contributed by atoms with Crippen molar-refractivity contribution in [3.05, 3.63) is 83.7 Å². The molecule has 8 heteroatoms. The lowest BCUT2D eigenvalue weighted by molar-refractivity contribution is -0.137. The molecule has 0 bridgehead atoms. The molecule has 1 heterocycles. The molecule has 0 saturated carbocycles. The molecule has 146 valence electrons. The Hall–Kier alpha value is -3.13. The van der Waals surface area contributed by atoms with E-state index in [-0.39, 0.29) is 17.9 Å². The first-order chi connectivity index (χ1) is 13.3. The van der Waals surface area contributed by atoms with Crippen LogP contribution < -0.4 is 5.32 Å². The summed E-state index contributed by atoms with van der Waals surface area (Å²) in [6.07, 6.45) is -3.42. The molecule has 1 aromatic heterocycles. The number of aromatic nitrogens is 2. The predicted molar refractivity (Wildman–Crippen MR) is 96.9 cm³/mol. The molecule has 5 nitrogen and oxygen atoms in total. The SMILES string of the molecule is O=C(NCCC(O)c1ccccc1)c1ccn(-c2cccc(C(F)(F)F)c2)n1. The Morgan fingerprint density at radius 2 is 1.86 bits per heavy atom. The molecule has 28 heavy (non-hydrogen) atoms. The number of rotatable bonds is 6. The van der Waals surface area contributed by atoms with Gasteiger partial charge in [-0.2, -0.15) is 18.3 Å². The van der Waals surface area contributed by atoms with E-state index in [0.717, 1.165) is 17.7 Å². The lowest BCUT2D eigenvalue weighted by Crippen LogP contribution is -2.26. The molecular weight excluding hydrogens is 371 g/mol. The molecule has 1 atom stereocenters. The molecule has 0 spiro atoms. The minimum atomic E-state index is -4.46. The van der Waals surface area contributed by atoms with Crippen LogP contribution in [-0.2, 0) is 6.18 Å². The molecule has 0 saturated heterocycles. The lowest BCUT2D eigenvalue weighted by atomic mass is 10.1. The van der Waals surface area contributed by atoms with Crippen molar-refractivity contribution in [3.63, 3.8) is 0 Å². The fourth-order valence-corrected chi connectivity index (χ4v) is 2.67. The van der Waals surface area contributed by atoms with E-state index in [0.29, 0.717) is 6.42 Å². The van der Waals surface area contributed by atoms with E-state index in [1.807, 2.05) is 18.2 Å². The number of carbonyl (C=O) groups excluding carboxylic acids is 1. The van der Waals surface area contributed by atoms with Gasteiger partial charge in [-0.1, -0.05) is 36.4 Å². The zero-order chi connectivity index (χ0) is 20.1. The molecule has 2 aromatic carbocycles. The zero-order valence-corrected chi connectivity index (χ0v) is 14.7. The van der Waals surface area contributed by atoms with Gasteiger partial charge in [-0.25, -0.2) is 4.68 Å². The van der Waals surface area contributed by atoms with Gasteiger partial charge >= 0.3 is 6.18 Å². The molecule has 0 fully saturated rings. The fourth-order valence-electron chi connectivity index (χ4n) is 2.67. The Bertz CT molecular complexity index is 939. The number of nitrogens with zero attached hydrogens (tertiary/aromatic N) is 2. The minimum Gasteiger partial charge on any atom is -0.388 e. The summed E-state index contributed by atoms with van der Waals surface area (Å²) in [5, 5.41) is 16.8. The van der Waals surface area contributed by atoms with Gasteiger partial charge in [-0.3, -0.25) is 4.79 Å². The summed E-state index contributed by atoms with van der Waals surface area (Å²) in [6, 6.07) is 15.2. The van der Waals surface area contributed by atoms with Gasteiger partial charge in [0.05, 0.1) is 17.4 Å².